The number of nitrogens with two attached hydrogens (primary N) is 1. The predicted molar refractivity (Wildman–Crippen MR) is 48.9 cm³/mol. The highest BCUT2D eigenvalue weighted by Gasteiger charge is 2.14. The number of nitrogens with zero attached hydrogens (tertiary/aromatic N) is 2. The first kappa shape index (κ1) is 7.83. The summed E-state index contributed by atoms with van der Waals surface area (Å²) in [7, 11) is 0. The first-order valence-electron chi connectivity index (χ1n) is 3.50. The third-order valence-electron chi connectivity index (χ3n) is 1.59. The van der Waals surface area contributed by atoms with Crippen molar-refractivity contribution in [1.82, 2.24) is 4.98 Å². The van der Waals surface area contributed by atoms with Crippen LogP contribution in [-0.4, -0.2) is 4.98 Å². The van der Waals surface area contributed by atoms with Crippen LogP contribution in [0, 0.1) is 11.3 Å². The molecule has 0 spiro atoms. The molecule has 0 saturated heterocycles. The number of nitrogen functional groups attached to an aromatic ring is 1. The first-order chi connectivity index (χ1) is 6.33. The van der Waals surface area contributed by atoms with Crippen molar-refractivity contribution in [2.24, 2.45) is 0 Å². The molecule has 64 valence electrons. The lowest BCUT2D eigenvalue weighted by Gasteiger charge is -1.92. The molecule has 0 bridgehead atoms. The number of anilines is 1. The van der Waals surface area contributed by atoms with Crippen molar-refractivity contribution in [2.45, 2.75) is 0 Å². The van der Waals surface area contributed by atoms with Crippen molar-refractivity contribution in [3.63, 3.8) is 0 Å². The number of nitriles is 1. The Morgan fingerprint density at radius 1 is 1.62 bits per heavy atom. The maximum atomic E-state index is 8.76. The van der Waals surface area contributed by atoms with Gasteiger partial charge in [-0.25, -0.2) is 4.98 Å². The van der Waals surface area contributed by atoms with Crippen LogP contribution in [0.2, 0.25) is 0 Å². The molecule has 2 aromatic rings. The zero-order chi connectivity index (χ0) is 9.26. The van der Waals surface area contributed by atoms with Crippen LogP contribution in [0.3, 0.4) is 0 Å². The largest absolute Gasteiger partial charge is 0.444 e. The van der Waals surface area contributed by atoms with Gasteiger partial charge in [0.1, 0.15) is 12.3 Å². The smallest absolute Gasteiger partial charge is 0.230 e. The van der Waals surface area contributed by atoms with Gasteiger partial charge < -0.3 is 10.2 Å². The molecule has 0 aromatic carbocycles. The van der Waals surface area contributed by atoms with E-state index < -0.39 is 0 Å². The van der Waals surface area contributed by atoms with E-state index in [1.165, 1.54) is 23.8 Å². The van der Waals surface area contributed by atoms with E-state index >= 15 is 0 Å². The molecule has 2 rings (SSSR count). The minimum Gasteiger partial charge on any atom is -0.444 e. The molecule has 2 heterocycles. The van der Waals surface area contributed by atoms with Crippen LogP contribution >= 0.6 is 11.3 Å². The summed E-state index contributed by atoms with van der Waals surface area (Å²) >= 11 is 1.31. The molecule has 0 fully saturated rings. The quantitative estimate of drug-likeness (QED) is 0.746. The van der Waals surface area contributed by atoms with Crippen molar-refractivity contribution < 1.29 is 4.42 Å². The zero-order valence-electron chi connectivity index (χ0n) is 6.52. The van der Waals surface area contributed by atoms with Gasteiger partial charge in [-0.05, 0) is 0 Å². The Balaban J connectivity index is 2.64. The molecule has 13 heavy (non-hydrogen) atoms. The van der Waals surface area contributed by atoms with Gasteiger partial charge in [-0.1, -0.05) is 0 Å². The molecule has 0 aliphatic rings. The molecule has 2 N–H and O–H groups in total. The average Bonchev–Trinajstić information content (AvgIpc) is 2.72. The topological polar surface area (TPSA) is 75.8 Å². The van der Waals surface area contributed by atoms with E-state index in [2.05, 4.69) is 4.98 Å². The monoisotopic (exact) mass is 191 g/mol. The molecule has 4 nitrogen and oxygen atoms in total. The zero-order valence-corrected chi connectivity index (χ0v) is 7.34. The highest BCUT2D eigenvalue weighted by Crippen LogP contribution is 2.33. The summed E-state index contributed by atoms with van der Waals surface area (Å²) in [5, 5.41) is 11.0. The molecule has 0 amide bonds. The Labute approximate surface area is 78.2 Å². The van der Waals surface area contributed by atoms with Crippen LogP contribution in [0.15, 0.2) is 22.3 Å². The second-order valence-corrected chi connectivity index (χ2v) is 3.25. The summed E-state index contributed by atoms with van der Waals surface area (Å²) in [5.74, 6) is 0.398. The number of hydrogen-bond acceptors (Lipinski definition) is 5. The third-order valence-corrected chi connectivity index (χ3v) is 2.40. The minimum atomic E-state index is 0.398. The number of hydrogen-bond donors (Lipinski definition) is 1. The number of thiophene rings is 1. The van der Waals surface area contributed by atoms with Gasteiger partial charge in [0.2, 0.25) is 5.89 Å². The lowest BCUT2D eigenvalue weighted by Crippen LogP contribution is -1.85. The second-order valence-electron chi connectivity index (χ2n) is 2.34. The van der Waals surface area contributed by atoms with E-state index in [4.69, 9.17) is 15.4 Å². The summed E-state index contributed by atoms with van der Waals surface area (Å²) in [6.45, 7) is 0. The van der Waals surface area contributed by atoms with E-state index in [9.17, 15) is 0 Å². The third kappa shape index (κ3) is 1.17. The Morgan fingerprint density at radius 2 is 2.46 bits per heavy atom. The first-order valence-corrected chi connectivity index (χ1v) is 4.38. The van der Waals surface area contributed by atoms with E-state index in [1.807, 2.05) is 6.07 Å². The summed E-state index contributed by atoms with van der Waals surface area (Å²) < 4.78 is 5.07. The molecule has 0 saturated carbocycles. The molecule has 0 aliphatic carbocycles. The van der Waals surface area contributed by atoms with Gasteiger partial charge in [0.25, 0.3) is 0 Å². The highest BCUT2D eigenvalue weighted by atomic mass is 32.1. The van der Waals surface area contributed by atoms with Crippen LogP contribution in [0.1, 0.15) is 5.56 Å². The van der Waals surface area contributed by atoms with Gasteiger partial charge in [0, 0.05) is 5.38 Å². The van der Waals surface area contributed by atoms with E-state index in [0.29, 0.717) is 22.0 Å². The lowest BCUT2D eigenvalue weighted by atomic mass is 10.2. The van der Waals surface area contributed by atoms with Gasteiger partial charge in [-0.15, -0.1) is 11.3 Å². The van der Waals surface area contributed by atoms with Gasteiger partial charge in [0.15, 0.2) is 0 Å². The van der Waals surface area contributed by atoms with Gasteiger partial charge >= 0.3 is 0 Å². The predicted octanol–water partition coefficient (Wildman–Crippen LogP) is 1.86. The van der Waals surface area contributed by atoms with Gasteiger partial charge in [0.05, 0.1) is 22.3 Å². The van der Waals surface area contributed by atoms with Crippen molar-refractivity contribution in [2.75, 3.05) is 5.73 Å². The summed E-state index contributed by atoms with van der Waals surface area (Å²) in [6.07, 6.45) is 2.97. The lowest BCUT2D eigenvalue weighted by molar-refractivity contribution is 0.575. The maximum Gasteiger partial charge on any atom is 0.230 e. The van der Waals surface area contributed by atoms with Crippen LogP contribution in [-0.2, 0) is 0 Å². The average molecular weight is 191 g/mol. The van der Waals surface area contributed by atoms with Crippen molar-refractivity contribution in [3.05, 3.63) is 23.4 Å². The molecule has 2 aromatic heterocycles. The van der Waals surface area contributed by atoms with E-state index in [-0.39, 0.29) is 0 Å². The van der Waals surface area contributed by atoms with Crippen molar-refractivity contribution in [3.8, 4) is 17.5 Å². The van der Waals surface area contributed by atoms with Gasteiger partial charge in [-0.3, -0.25) is 0 Å². The van der Waals surface area contributed by atoms with Crippen molar-refractivity contribution >= 4 is 16.3 Å². The molecule has 0 radical (unpaired) electrons. The summed E-state index contributed by atoms with van der Waals surface area (Å²) in [6, 6.07) is 2.04. The van der Waals surface area contributed by atoms with Crippen molar-refractivity contribution in [1.29, 1.82) is 5.26 Å². The number of oxazole rings is 1. The minimum absolute atomic E-state index is 0.398. The highest BCUT2D eigenvalue weighted by molar-refractivity contribution is 7.14. The number of aromatic nitrogens is 1. The Hall–Kier alpha value is -1.80. The SMILES string of the molecule is N#Cc1csc(N)c1-c1ncco1. The van der Waals surface area contributed by atoms with Crippen LogP contribution in [0.4, 0.5) is 5.00 Å². The van der Waals surface area contributed by atoms with E-state index in [1.54, 1.807) is 5.38 Å². The fourth-order valence-electron chi connectivity index (χ4n) is 1.02. The summed E-state index contributed by atoms with van der Waals surface area (Å²) in [5.41, 5.74) is 6.78. The number of rotatable bonds is 1. The normalized spacial score (nSPS) is 9.77. The fraction of sp³-hybridized carbons (Fsp3) is 0. The van der Waals surface area contributed by atoms with E-state index in [0.717, 1.165) is 0 Å². The second kappa shape index (κ2) is 2.92. The molecular weight excluding hydrogens is 186 g/mol. The molecular formula is C8H5N3OS. The standard InChI is InChI=1S/C8H5N3OS/c9-3-5-4-13-7(10)6(5)8-11-1-2-12-8/h1-2,4H,10H2. The summed E-state index contributed by atoms with van der Waals surface area (Å²) in [4.78, 5) is 3.94. The molecule has 0 aliphatic heterocycles. The van der Waals surface area contributed by atoms with Crippen LogP contribution in [0.5, 0.6) is 0 Å². The van der Waals surface area contributed by atoms with Gasteiger partial charge in [-0.2, -0.15) is 5.26 Å². The maximum absolute atomic E-state index is 8.76. The fourth-order valence-corrected chi connectivity index (χ4v) is 1.75. The molecule has 0 atom stereocenters. The molecule has 5 heteroatoms. The Morgan fingerprint density at radius 3 is 3.08 bits per heavy atom. The van der Waals surface area contributed by atoms with Crippen LogP contribution < -0.4 is 5.73 Å². The Kier molecular flexibility index (Phi) is 1.76. The Bertz CT molecular complexity index is 452. The molecule has 0 unspecified atom stereocenters. The van der Waals surface area contributed by atoms with Crippen LogP contribution in [0.25, 0.3) is 11.5 Å².